The predicted octanol–water partition coefficient (Wildman–Crippen LogP) is 7.69. The van der Waals surface area contributed by atoms with Crippen LogP contribution in [0.4, 0.5) is 25.8 Å². The van der Waals surface area contributed by atoms with Gasteiger partial charge in [0.1, 0.15) is 0 Å². The minimum atomic E-state index is -0.595. The molecule has 2 aromatic carbocycles. The van der Waals surface area contributed by atoms with Crippen molar-refractivity contribution < 1.29 is 33.3 Å². The average Bonchev–Trinajstić information content (AvgIpc) is 2.94. The van der Waals surface area contributed by atoms with Crippen molar-refractivity contribution in [1.29, 1.82) is 0 Å². The first-order valence-corrected chi connectivity index (χ1v) is 13.8. The fourth-order valence-electron chi connectivity index (χ4n) is 3.75. The van der Waals surface area contributed by atoms with Crippen LogP contribution >= 0.6 is 0 Å². The van der Waals surface area contributed by atoms with Crippen molar-refractivity contribution >= 4 is 29.7 Å². The smallest absolute Gasteiger partial charge is 0.453 e. The molecule has 2 N–H and O–H groups in total. The van der Waals surface area contributed by atoms with Gasteiger partial charge in [-0.3, -0.25) is 10.6 Å². The Kier molecular flexibility index (Phi) is 15.6. The Morgan fingerprint density at radius 3 is 1.49 bits per heavy atom. The highest BCUT2D eigenvalue weighted by molar-refractivity contribution is 5.85. The summed E-state index contributed by atoms with van der Waals surface area (Å²) in [7, 11) is 1.32. The summed E-state index contributed by atoms with van der Waals surface area (Å²) in [5.41, 5.74) is 3.50. The molecular formula is C30H42N2O7. The van der Waals surface area contributed by atoms with Gasteiger partial charge < -0.3 is 18.9 Å². The van der Waals surface area contributed by atoms with Gasteiger partial charge in [0.2, 0.25) is 0 Å². The van der Waals surface area contributed by atoms with E-state index in [0.717, 1.165) is 49.7 Å². The molecule has 2 aromatic rings. The first kappa shape index (κ1) is 31.5. The molecule has 0 saturated heterocycles. The maximum Gasteiger partial charge on any atom is 0.508 e. The van der Waals surface area contributed by atoms with E-state index in [-0.39, 0.29) is 0 Å². The van der Waals surface area contributed by atoms with E-state index in [1.807, 2.05) is 48.5 Å². The SMILES string of the molecule is CCCCCCCOC(=O)OCCCCCCOC(=O)Nc1ccc(Cc2ccc(NC(=O)OC)cc2)cc1. The first-order chi connectivity index (χ1) is 19.0. The molecule has 0 saturated carbocycles. The molecule has 9 heteroatoms. The molecule has 0 fully saturated rings. The number of benzene rings is 2. The van der Waals surface area contributed by atoms with Gasteiger partial charge in [0.05, 0.1) is 26.9 Å². The maximum absolute atomic E-state index is 12.0. The number of hydrogen-bond donors (Lipinski definition) is 2. The van der Waals surface area contributed by atoms with Crippen LogP contribution in [0.5, 0.6) is 0 Å². The molecule has 9 nitrogen and oxygen atoms in total. The number of nitrogens with one attached hydrogen (secondary N) is 2. The number of carbonyl (C=O) groups is 3. The Morgan fingerprint density at radius 1 is 0.590 bits per heavy atom. The molecule has 0 aromatic heterocycles. The van der Waals surface area contributed by atoms with E-state index < -0.39 is 18.3 Å². The molecule has 2 rings (SSSR count). The van der Waals surface area contributed by atoms with Gasteiger partial charge in [-0.2, -0.15) is 0 Å². The van der Waals surface area contributed by atoms with E-state index in [1.165, 1.54) is 26.4 Å². The Balaban J connectivity index is 1.51. The summed E-state index contributed by atoms with van der Waals surface area (Å²) < 4.78 is 20.0. The minimum Gasteiger partial charge on any atom is -0.453 e. The van der Waals surface area contributed by atoms with Crippen molar-refractivity contribution in [3.8, 4) is 0 Å². The van der Waals surface area contributed by atoms with Gasteiger partial charge in [0, 0.05) is 11.4 Å². The zero-order valence-corrected chi connectivity index (χ0v) is 23.2. The van der Waals surface area contributed by atoms with Crippen molar-refractivity contribution in [2.45, 2.75) is 71.1 Å². The molecule has 0 atom stereocenters. The van der Waals surface area contributed by atoms with Crippen molar-refractivity contribution in [3.63, 3.8) is 0 Å². The highest BCUT2D eigenvalue weighted by Crippen LogP contribution is 2.16. The maximum atomic E-state index is 12.0. The van der Waals surface area contributed by atoms with E-state index in [0.29, 0.717) is 37.6 Å². The third kappa shape index (κ3) is 14.7. The fraction of sp³-hybridized carbons (Fsp3) is 0.500. The number of ether oxygens (including phenoxy) is 4. The molecule has 0 aliphatic heterocycles. The lowest BCUT2D eigenvalue weighted by Gasteiger charge is -2.09. The topological polar surface area (TPSA) is 112 Å². The molecule has 0 radical (unpaired) electrons. The number of amides is 2. The van der Waals surface area contributed by atoms with Gasteiger partial charge in [-0.25, -0.2) is 14.4 Å². The van der Waals surface area contributed by atoms with E-state index in [1.54, 1.807) is 0 Å². The average molecular weight is 543 g/mol. The lowest BCUT2D eigenvalue weighted by Crippen LogP contribution is -2.14. The molecule has 0 spiro atoms. The van der Waals surface area contributed by atoms with E-state index >= 15 is 0 Å². The molecule has 0 aliphatic carbocycles. The van der Waals surface area contributed by atoms with Crippen molar-refractivity contribution in [2.75, 3.05) is 37.6 Å². The van der Waals surface area contributed by atoms with Gasteiger partial charge in [0.25, 0.3) is 0 Å². The second kappa shape index (κ2) is 19.3. The van der Waals surface area contributed by atoms with Crippen LogP contribution in [-0.2, 0) is 25.4 Å². The Bertz CT molecular complexity index is 978. The number of hydrogen-bond acceptors (Lipinski definition) is 7. The molecule has 0 bridgehead atoms. The quantitative estimate of drug-likeness (QED) is 0.120. The third-order valence-corrected chi connectivity index (χ3v) is 5.95. The van der Waals surface area contributed by atoms with Crippen LogP contribution in [0.1, 0.15) is 75.8 Å². The van der Waals surface area contributed by atoms with Crippen LogP contribution in [-0.4, -0.2) is 45.3 Å². The highest BCUT2D eigenvalue weighted by Gasteiger charge is 2.06. The van der Waals surface area contributed by atoms with E-state index in [2.05, 4.69) is 22.3 Å². The van der Waals surface area contributed by atoms with Gasteiger partial charge in [0.15, 0.2) is 0 Å². The molecule has 0 heterocycles. The van der Waals surface area contributed by atoms with Crippen molar-refractivity contribution in [3.05, 3.63) is 59.7 Å². The van der Waals surface area contributed by atoms with Gasteiger partial charge in [-0.15, -0.1) is 0 Å². The summed E-state index contributed by atoms with van der Waals surface area (Å²) in [4.78, 5) is 34.8. The van der Waals surface area contributed by atoms with Crippen molar-refractivity contribution in [2.24, 2.45) is 0 Å². The molecular weight excluding hydrogens is 500 g/mol. The van der Waals surface area contributed by atoms with Crippen LogP contribution in [0.2, 0.25) is 0 Å². The van der Waals surface area contributed by atoms with Gasteiger partial charge in [-0.1, -0.05) is 56.9 Å². The van der Waals surface area contributed by atoms with Crippen LogP contribution < -0.4 is 10.6 Å². The molecule has 0 aliphatic rings. The summed E-state index contributed by atoms with van der Waals surface area (Å²) >= 11 is 0. The summed E-state index contributed by atoms with van der Waals surface area (Å²) in [5, 5.41) is 5.35. The second-order valence-electron chi connectivity index (χ2n) is 9.22. The minimum absolute atomic E-state index is 0.325. The van der Waals surface area contributed by atoms with Crippen LogP contribution in [0.15, 0.2) is 48.5 Å². The first-order valence-electron chi connectivity index (χ1n) is 13.8. The van der Waals surface area contributed by atoms with Crippen molar-refractivity contribution in [1.82, 2.24) is 0 Å². The zero-order chi connectivity index (χ0) is 28.1. The predicted molar refractivity (Wildman–Crippen MR) is 151 cm³/mol. The zero-order valence-electron chi connectivity index (χ0n) is 23.2. The lowest BCUT2D eigenvalue weighted by atomic mass is 10.0. The molecule has 39 heavy (non-hydrogen) atoms. The summed E-state index contributed by atoms with van der Waals surface area (Å²) in [6.45, 7) is 3.24. The van der Waals surface area contributed by atoms with E-state index in [9.17, 15) is 14.4 Å². The van der Waals surface area contributed by atoms with Gasteiger partial charge >= 0.3 is 18.3 Å². The number of rotatable bonds is 17. The Labute approximate surface area is 231 Å². The largest absolute Gasteiger partial charge is 0.508 e. The number of methoxy groups -OCH3 is 1. The van der Waals surface area contributed by atoms with Gasteiger partial charge in [-0.05, 0) is 73.9 Å². The summed E-state index contributed by atoms with van der Waals surface area (Å²) in [6, 6.07) is 15.1. The van der Waals surface area contributed by atoms with Crippen LogP contribution in [0.3, 0.4) is 0 Å². The highest BCUT2D eigenvalue weighted by atomic mass is 16.7. The summed E-state index contributed by atoms with van der Waals surface area (Å²) in [6.07, 6.45) is 7.89. The summed E-state index contributed by atoms with van der Waals surface area (Å²) in [5.74, 6) is 0. The monoisotopic (exact) mass is 542 g/mol. The lowest BCUT2D eigenvalue weighted by molar-refractivity contribution is 0.0527. The number of anilines is 2. The Morgan fingerprint density at radius 2 is 1.03 bits per heavy atom. The van der Waals surface area contributed by atoms with Crippen LogP contribution in [0.25, 0.3) is 0 Å². The Hall–Kier alpha value is -3.75. The standard InChI is InChI=1S/C30H42N2O7/c1-3-4-5-6-10-21-38-30(35)39-22-11-8-7-9-20-37-29(34)32-27-18-14-25(15-19-27)23-24-12-16-26(17-13-24)31-28(33)36-2/h12-19H,3-11,20-23H2,1-2H3,(H,31,33)(H,32,34). The molecule has 0 unspecified atom stereocenters. The fourth-order valence-corrected chi connectivity index (χ4v) is 3.75. The second-order valence-corrected chi connectivity index (χ2v) is 9.22. The third-order valence-electron chi connectivity index (χ3n) is 5.95. The normalized spacial score (nSPS) is 10.4. The molecule has 214 valence electrons. The van der Waals surface area contributed by atoms with E-state index in [4.69, 9.17) is 14.2 Å². The number of unbranched alkanes of at least 4 members (excludes halogenated alkanes) is 7. The number of carbonyl (C=O) groups excluding carboxylic acids is 3. The van der Waals surface area contributed by atoms with Crippen LogP contribution in [0, 0.1) is 0 Å². The molecule has 2 amide bonds.